The Balaban J connectivity index is 2.81. The fourth-order valence-corrected chi connectivity index (χ4v) is 1.27. The summed E-state index contributed by atoms with van der Waals surface area (Å²) >= 11 is 0. The summed E-state index contributed by atoms with van der Waals surface area (Å²) in [5.41, 5.74) is 0. The van der Waals surface area contributed by atoms with Crippen LogP contribution in [0.2, 0.25) is 0 Å². The number of furan rings is 1. The summed E-state index contributed by atoms with van der Waals surface area (Å²) in [6.07, 6.45) is 0.513. The number of rotatable bonds is 3. The fourth-order valence-electron chi connectivity index (χ4n) is 1.27. The van der Waals surface area contributed by atoms with Crippen LogP contribution in [0, 0.1) is 24.2 Å². The fraction of sp³-hybridized carbons (Fsp3) is 0.455. The Bertz CT molecular complexity index is 390. The molecule has 1 aromatic heterocycles. The Hall–Kier alpha value is -1.76. The van der Waals surface area contributed by atoms with E-state index in [4.69, 9.17) is 9.68 Å². The highest BCUT2D eigenvalue weighted by molar-refractivity contribution is 5.94. The topological polar surface area (TPSA) is 57.2 Å². The van der Waals surface area contributed by atoms with Gasteiger partial charge in [0, 0.05) is 13.1 Å². The first kappa shape index (κ1) is 11.3. The first-order valence-electron chi connectivity index (χ1n) is 4.83. The zero-order valence-electron chi connectivity index (χ0n) is 9.15. The molecule has 0 aliphatic heterocycles. The molecule has 0 saturated heterocycles. The zero-order valence-corrected chi connectivity index (χ0v) is 9.15. The van der Waals surface area contributed by atoms with Gasteiger partial charge >= 0.3 is 0 Å². The number of hydrogen-bond acceptors (Lipinski definition) is 3. The minimum atomic E-state index is -0.597. The van der Waals surface area contributed by atoms with Gasteiger partial charge in [0.2, 0.25) is 11.8 Å². The monoisotopic (exact) mass is 206 g/mol. The maximum Gasteiger partial charge on any atom is 0.246 e. The lowest BCUT2D eigenvalue weighted by atomic mass is 10.1. The number of hydrogen-bond donors (Lipinski definition) is 0. The van der Waals surface area contributed by atoms with E-state index in [9.17, 15) is 4.79 Å². The van der Waals surface area contributed by atoms with Crippen molar-refractivity contribution >= 4 is 11.8 Å². The predicted octanol–water partition coefficient (Wildman–Crippen LogP) is 2.10. The van der Waals surface area contributed by atoms with Crippen LogP contribution in [0.15, 0.2) is 16.5 Å². The molecule has 1 atom stereocenters. The number of anilines is 1. The van der Waals surface area contributed by atoms with Crippen LogP contribution in [0.25, 0.3) is 0 Å². The Morgan fingerprint density at radius 3 is 2.73 bits per heavy atom. The summed E-state index contributed by atoms with van der Waals surface area (Å²) in [7, 11) is 1.61. The van der Waals surface area contributed by atoms with Crippen LogP contribution in [0.3, 0.4) is 0 Å². The van der Waals surface area contributed by atoms with Crippen LogP contribution in [0.5, 0.6) is 0 Å². The maximum absolute atomic E-state index is 11.8. The molecule has 0 aromatic carbocycles. The Morgan fingerprint density at radius 1 is 1.67 bits per heavy atom. The van der Waals surface area contributed by atoms with Crippen LogP contribution in [-0.4, -0.2) is 13.0 Å². The number of amides is 1. The Labute approximate surface area is 89.1 Å². The van der Waals surface area contributed by atoms with Gasteiger partial charge in [-0.15, -0.1) is 0 Å². The molecule has 0 aliphatic carbocycles. The highest BCUT2D eigenvalue weighted by Crippen LogP contribution is 2.19. The number of carbonyl (C=O) groups excluding carboxylic acids is 1. The molecule has 15 heavy (non-hydrogen) atoms. The average molecular weight is 206 g/mol. The van der Waals surface area contributed by atoms with E-state index >= 15 is 0 Å². The molecule has 80 valence electrons. The van der Waals surface area contributed by atoms with Gasteiger partial charge in [-0.2, -0.15) is 5.26 Å². The van der Waals surface area contributed by atoms with Crippen molar-refractivity contribution < 1.29 is 9.21 Å². The first-order valence-corrected chi connectivity index (χ1v) is 4.83. The molecule has 0 bridgehead atoms. The SMILES string of the molecule is CCC(C#N)C(=O)N(C)c1ccc(C)o1. The van der Waals surface area contributed by atoms with Crippen molar-refractivity contribution in [2.45, 2.75) is 20.3 Å². The number of aryl methyl sites for hydroxylation is 1. The van der Waals surface area contributed by atoms with Gasteiger partial charge in [-0.3, -0.25) is 9.69 Å². The van der Waals surface area contributed by atoms with Crippen molar-refractivity contribution in [1.82, 2.24) is 0 Å². The molecule has 0 spiro atoms. The van der Waals surface area contributed by atoms with Crippen LogP contribution in [0.4, 0.5) is 5.88 Å². The standard InChI is InChI=1S/C11H14N2O2/c1-4-9(7-12)11(14)13(3)10-6-5-8(2)15-10/h5-6,9H,4H2,1-3H3. The highest BCUT2D eigenvalue weighted by Gasteiger charge is 2.22. The first-order chi connectivity index (χ1) is 7.10. The van der Waals surface area contributed by atoms with Crippen molar-refractivity contribution in [1.29, 1.82) is 5.26 Å². The largest absolute Gasteiger partial charge is 0.445 e. The highest BCUT2D eigenvalue weighted by atomic mass is 16.4. The molecule has 1 rings (SSSR count). The molecule has 0 saturated carbocycles. The average Bonchev–Trinajstić information content (AvgIpc) is 2.65. The summed E-state index contributed by atoms with van der Waals surface area (Å²) in [6, 6.07) is 5.48. The minimum absolute atomic E-state index is 0.227. The Kier molecular flexibility index (Phi) is 3.51. The number of carbonyl (C=O) groups is 1. The second-order valence-electron chi connectivity index (χ2n) is 3.37. The maximum atomic E-state index is 11.8. The van der Waals surface area contributed by atoms with E-state index in [1.165, 1.54) is 4.90 Å². The van der Waals surface area contributed by atoms with Gasteiger partial charge in [0.25, 0.3) is 0 Å². The zero-order chi connectivity index (χ0) is 11.4. The number of nitrogens with zero attached hydrogens (tertiary/aromatic N) is 2. The summed E-state index contributed by atoms with van der Waals surface area (Å²) in [5.74, 6) is 0.399. The van der Waals surface area contributed by atoms with Crippen molar-refractivity contribution in [3.05, 3.63) is 17.9 Å². The second-order valence-corrected chi connectivity index (χ2v) is 3.37. The third-order valence-corrected chi connectivity index (χ3v) is 2.25. The van der Waals surface area contributed by atoms with Crippen molar-refractivity contribution in [2.75, 3.05) is 11.9 Å². The second kappa shape index (κ2) is 4.65. The lowest BCUT2D eigenvalue weighted by Crippen LogP contribution is -2.31. The van der Waals surface area contributed by atoms with E-state index < -0.39 is 5.92 Å². The molecule has 1 unspecified atom stereocenters. The van der Waals surface area contributed by atoms with Crippen LogP contribution < -0.4 is 4.90 Å². The van der Waals surface area contributed by atoms with Gasteiger partial charge in [-0.25, -0.2) is 0 Å². The lowest BCUT2D eigenvalue weighted by Gasteiger charge is -2.16. The molecule has 0 N–H and O–H groups in total. The van der Waals surface area contributed by atoms with Crippen LogP contribution in [0.1, 0.15) is 19.1 Å². The van der Waals surface area contributed by atoms with E-state index in [-0.39, 0.29) is 5.91 Å². The van der Waals surface area contributed by atoms with Crippen LogP contribution in [-0.2, 0) is 4.79 Å². The molecule has 4 nitrogen and oxygen atoms in total. The number of nitriles is 1. The van der Waals surface area contributed by atoms with Crippen molar-refractivity contribution in [3.8, 4) is 6.07 Å². The van der Waals surface area contributed by atoms with Gasteiger partial charge in [0.05, 0.1) is 6.07 Å². The molecule has 1 aromatic rings. The summed E-state index contributed by atoms with van der Waals surface area (Å²) in [6.45, 7) is 3.62. The van der Waals surface area contributed by atoms with E-state index in [2.05, 4.69) is 0 Å². The molecule has 1 heterocycles. The van der Waals surface area contributed by atoms with E-state index in [0.717, 1.165) is 5.76 Å². The van der Waals surface area contributed by atoms with Gasteiger partial charge < -0.3 is 4.42 Å². The van der Waals surface area contributed by atoms with Gasteiger partial charge in [-0.1, -0.05) is 6.92 Å². The molecule has 4 heteroatoms. The summed E-state index contributed by atoms with van der Waals surface area (Å²) < 4.78 is 5.30. The van der Waals surface area contributed by atoms with Crippen molar-refractivity contribution in [2.24, 2.45) is 5.92 Å². The third kappa shape index (κ3) is 2.38. The summed E-state index contributed by atoms with van der Waals surface area (Å²) in [5, 5.41) is 8.77. The minimum Gasteiger partial charge on any atom is -0.445 e. The molecule has 0 radical (unpaired) electrons. The molecule has 0 aliphatic rings. The van der Waals surface area contributed by atoms with Gasteiger partial charge in [0.1, 0.15) is 11.7 Å². The molecule has 1 amide bonds. The van der Waals surface area contributed by atoms with E-state index in [1.54, 1.807) is 19.2 Å². The quantitative estimate of drug-likeness (QED) is 0.760. The lowest BCUT2D eigenvalue weighted by molar-refractivity contribution is -0.120. The smallest absolute Gasteiger partial charge is 0.246 e. The van der Waals surface area contributed by atoms with Crippen LogP contribution >= 0.6 is 0 Å². The van der Waals surface area contributed by atoms with E-state index in [0.29, 0.717) is 12.3 Å². The predicted molar refractivity (Wildman–Crippen MR) is 56.2 cm³/mol. The molecule has 0 fully saturated rings. The Morgan fingerprint density at radius 2 is 2.33 bits per heavy atom. The van der Waals surface area contributed by atoms with E-state index in [1.807, 2.05) is 19.9 Å². The normalized spacial score (nSPS) is 11.9. The van der Waals surface area contributed by atoms with Gasteiger partial charge in [0.15, 0.2) is 0 Å². The molecular formula is C11H14N2O2. The van der Waals surface area contributed by atoms with Crippen molar-refractivity contribution in [3.63, 3.8) is 0 Å². The third-order valence-electron chi connectivity index (χ3n) is 2.25. The summed E-state index contributed by atoms with van der Waals surface area (Å²) in [4.78, 5) is 13.1. The molecular weight excluding hydrogens is 192 g/mol. The van der Waals surface area contributed by atoms with Gasteiger partial charge in [-0.05, 0) is 19.4 Å².